The molecule has 4 atom stereocenters. The summed E-state index contributed by atoms with van der Waals surface area (Å²) >= 11 is 0. The number of ether oxygens (including phenoxy) is 2. The summed E-state index contributed by atoms with van der Waals surface area (Å²) < 4.78 is 9.80. The van der Waals surface area contributed by atoms with Crippen LogP contribution >= 0.6 is 0 Å². The highest BCUT2D eigenvalue weighted by Gasteiger charge is 2.64. The van der Waals surface area contributed by atoms with E-state index in [2.05, 4.69) is 5.32 Å². The summed E-state index contributed by atoms with van der Waals surface area (Å²) in [6.07, 6.45) is -0.956. The van der Waals surface area contributed by atoms with Crippen LogP contribution in [0.5, 0.6) is 0 Å². The van der Waals surface area contributed by atoms with Gasteiger partial charge in [-0.3, -0.25) is 9.59 Å². The molecule has 1 saturated carbocycles. The van der Waals surface area contributed by atoms with E-state index in [4.69, 9.17) is 15.2 Å². The second-order valence-electron chi connectivity index (χ2n) is 6.25. The van der Waals surface area contributed by atoms with Crippen molar-refractivity contribution in [3.05, 3.63) is 0 Å². The quantitative estimate of drug-likeness (QED) is 0.575. The van der Waals surface area contributed by atoms with Gasteiger partial charge in [-0.25, -0.2) is 9.59 Å². The molecule has 0 aromatic heterocycles. The number of nitrogens with two attached hydrogens (primary N) is 1. The number of carbonyl (C=O) groups excluding carboxylic acids is 3. The normalized spacial score (nSPS) is 24.3. The molecule has 0 aromatic carbocycles. The predicted octanol–water partition coefficient (Wildman–Crippen LogP) is -0.125. The topological polar surface area (TPSA) is 145 Å². The molecule has 0 radical (unpaired) electrons. The minimum atomic E-state index is -1.48. The molecule has 23 heavy (non-hydrogen) atoms. The number of esters is 1. The van der Waals surface area contributed by atoms with Crippen LogP contribution < -0.4 is 11.1 Å². The van der Waals surface area contributed by atoms with Gasteiger partial charge < -0.3 is 25.6 Å². The molecule has 130 valence electrons. The van der Waals surface area contributed by atoms with Crippen LogP contribution in [0.4, 0.5) is 4.79 Å². The van der Waals surface area contributed by atoms with Crippen molar-refractivity contribution in [1.29, 1.82) is 0 Å². The molecule has 1 fully saturated rings. The van der Waals surface area contributed by atoms with E-state index in [0.717, 1.165) is 0 Å². The van der Waals surface area contributed by atoms with Gasteiger partial charge in [-0.05, 0) is 27.7 Å². The van der Waals surface area contributed by atoms with Gasteiger partial charge in [0.15, 0.2) is 0 Å². The largest absolute Gasteiger partial charge is 0.480 e. The van der Waals surface area contributed by atoms with E-state index >= 15 is 0 Å². The number of amides is 2. The van der Waals surface area contributed by atoms with E-state index in [-0.39, 0.29) is 6.61 Å². The summed E-state index contributed by atoms with van der Waals surface area (Å²) in [5.41, 5.74) is 4.38. The summed E-state index contributed by atoms with van der Waals surface area (Å²) in [5.74, 6) is -5.85. The van der Waals surface area contributed by atoms with Crippen LogP contribution in [-0.2, 0) is 23.9 Å². The van der Waals surface area contributed by atoms with Crippen molar-refractivity contribution in [3.63, 3.8) is 0 Å². The van der Waals surface area contributed by atoms with E-state index in [1.54, 1.807) is 27.7 Å². The number of aliphatic carboxylic acids is 1. The average molecular weight is 330 g/mol. The smallest absolute Gasteiger partial charge is 0.408 e. The zero-order chi connectivity index (χ0) is 17.9. The lowest BCUT2D eigenvalue weighted by Gasteiger charge is -2.22. The molecular formula is C14H22N2O7. The minimum Gasteiger partial charge on any atom is -0.480 e. The molecule has 0 aliphatic heterocycles. The van der Waals surface area contributed by atoms with E-state index in [9.17, 15) is 24.3 Å². The molecule has 1 rings (SSSR count). The number of hydrogen-bond donors (Lipinski definition) is 3. The van der Waals surface area contributed by atoms with Crippen LogP contribution in [0.1, 0.15) is 27.7 Å². The lowest BCUT2D eigenvalue weighted by molar-refractivity contribution is -0.146. The summed E-state index contributed by atoms with van der Waals surface area (Å²) in [6.45, 7) is 6.53. The maximum Gasteiger partial charge on any atom is 0.408 e. The third-order valence-corrected chi connectivity index (χ3v) is 3.29. The first-order chi connectivity index (χ1) is 10.5. The fraction of sp³-hybridized carbons (Fsp3) is 0.714. The second-order valence-corrected chi connectivity index (χ2v) is 6.25. The van der Waals surface area contributed by atoms with Crippen LogP contribution in [0.25, 0.3) is 0 Å². The fourth-order valence-corrected chi connectivity index (χ4v) is 2.42. The Labute approximate surface area is 133 Å². The Kier molecular flexibility index (Phi) is 5.57. The van der Waals surface area contributed by atoms with Gasteiger partial charge in [0.05, 0.1) is 18.4 Å². The lowest BCUT2D eigenvalue weighted by Crippen LogP contribution is -2.46. The Bertz CT molecular complexity index is 512. The van der Waals surface area contributed by atoms with Crippen LogP contribution in [0, 0.1) is 17.8 Å². The van der Waals surface area contributed by atoms with Crippen molar-refractivity contribution in [2.24, 2.45) is 23.5 Å². The van der Waals surface area contributed by atoms with Crippen molar-refractivity contribution < 1.29 is 33.8 Å². The van der Waals surface area contributed by atoms with Crippen LogP contribution in [-0.4, -0.2) is 47.3 Å². The molecule has 0 heterocycles. The molecular weight excluding hydrogens is 308 g/mol. The van der Waals surface area contributed by atoms with Crippen molar-refractivity contribution >= 4 is 23.9 Å². The number of carboxylic acids is 1. The molecule has 0 saturated heterocycles. The van der Waals surface area contributed by atoms with Gasteiger partial charge in [-0.1, -0.05) is 0 Å². The number of rotatable bonds is 6. The minimum absolute atomic E-state index is 0.0881. The predicted molar refractivity (Wildman–Crippen MR) is 77.1 cm³/mol. The Balaban J connectivity index is 2.88. The lowest BCUT2D eigenvalue weighted by atomic mass is 10.1. The van der Waals surface area contributed by atoms with Gasteiger partial charge in [-0.15, -0.1) is 0 Å². The number of nitrogens with one attached hydrogen (secondary N) is 1. The van der Waals surface area contributed by atoms with Gasteiger partial charge in [0.2, 0.25) is 5.91 Å². The maximum absolute atomic E-state index is 11.8. The van der Waals surface area contributed by atoms with Gasteiger partial charge in [0.25, 0.3) is 0 Å². The first kappa shape index (κ1) is 18.7. The highest BCUT2D eigenvalue weighted by Crippen LogP contribution is 2.49. The van der Waals surface area contributed by atoms with Crippen LogP contribution in [0.15, 0.2) is 0 Å². The van der Waals surface area contributed by atoms with E-state index in [1.807, 2.05) is 0 Å². The standard InChI is InChI=1S/C14H22N2O7/c1-5-22-12(20)8-6(7(8)10(15)17)9(11(18)19)16-13(21)23-14(2,3)4/h6-9H,5H2,1-4H3,(H2,15,17)(H,16,21)(H,18,19). The van der Waals surface area contributed by atoms with Crippen molar-refractivity contribution in [1.82, 2.24) is 5.32 Å². The van der Waals surface area contributed by atoms with Crippen molar-refractivity contribution in [2.75, 3.05) is 6.61 Å². The Morgan fingerprint density at radius 2 is 1.78 bits per heavy atom. The third kappa shape index (κ3) is 4.83. The van der Waals surface area contributed by atoms with Gasteiger partial charge >= 0.3 is 18.0 Å². The molecule has 0 bridgehead atoms. The molecule has 0 spiro atoms. The molecule has 1 aliphatic rings. The SMILES string of the molecule is CCOC(=O)C1C(C(N)=O)C1C(NC(=O)OC(C)(C)C)C(=O)O. The Hall–Kier alpha value is -2.32. The zero-order valence-electron chi connectivity index (χ0n) is 13.5. The Morgan fingerprint density at radius 3 is 2.17 bits per heavy atom. The highest BCUT2D eigenvalue weighted by molar-refractivity contribution is 5.93. The average Bonchev–Trinajstić information content (AvgIpc) is 3.08. The maximum atomic E-state index is 11.8. The van der Waals surface area contributed by atoms with Crippen molar-refractivity contribution in [3.8, 4) is 0 Å². The Morgan fingerprint density at radius 1 is 1.22 bits per heavy atom. The number of primary amides is 1. The third-order valence-electron chi connectivity index (χ3n) is 3.29. The fourth-order valence-electron chi connectivity index (χ4n) is 2.42. The molecule has 9 nitrogen and oxygen atoms in total. The van der Waals surface area contributed by atoms with E-state index < -0.39 is 53.3 Å². The molecule has 0 aromatic rings. The summed E-state index contributed by atoms with van der Waals surface area (Å²) in [4.78, 5) is 46.4. The molecule has 4 N–H and O–H groups in total. The van der Waals surface area contributed by atoms with Crippen LogP contribution in [0.2, 0.25) is 0 Å². The van der Waals surface area contributed by atoms with Gasteiger partial charge in [-0.2, -0.15) is 0 Å². The van der Waals surface area contributed by atoms with Gasteiger partial charge in [0.1, 0.15) is 11.6 Å². The zero-order valence-corrected chi connectivity index (χ0v) is 13.5. The molecule has 2 amide bonds. The number of hydrogen-bond acceptors (Lipinski definition) is 6. The number of carboxylic acid groups (broad SMARTS) is 1. The van der Waals surface area contributed by atoms with E-state index in [1.165, 1.54) is 0 Å². The first-order valence-corrected chi connectivity index (χ1v) is 7.17. The molecule has 1 aliphatic carbocycles. The summed E-state index contributed by atoms with van der Waals surface area (Å²) in [7, 11) is 0. The first-order valence-electron chi connectivity index (χ1n) is 7.17. The molecule has 4 unspecified atom stereocenters. The van der Waals surface area contributed by atoms with Crippen molar-refractivity contribution in [2.45, 2.75) is 39.3 Å². The monoisotopic (exact) mass is 330 g/mol. The van der Waals surface area contributed by atoms with Crippen LogP contribution in [0.3, 0.4) is 0 Å². The highest BCUT2D eigenvalue weighted by atomic mass is 16.6. The number of carbonyl (C=O) groups is 4. The molecule has 9 heteroatoms. The van der Waals surface area contributed by atoms with Gasteiger partial charge in [0, 0.05) is 5.92 Å². The number of alkyl carbamates (subject to hydrolysis) is 1. The second kappa shape index (κ2) is 6.84. The summed E-state index contributed by atoms with van der Waals surface area (Å²) in [6, 6.07) is -1.48. The van der Waals surface area contributed by atoms with E-state index in [0.29, 0.717) is 0 Å². The summed E-state index contributed by atoms with van der Waals surface area (Å²) in [5, 5.41) is 11.5.